The van der Waals surface area contributed by atoms with E-state index >= 15 is 0 Å². The molecule has 1 unspecified atom stereocenters. The Morgan fingerprint density at radius 3 is 3.00 bits per heavy atom. The van der Waals surface area contributed by atoms with Crippen LogP contribution in [0.5, 0.6) is 0 Å². The van der Waals surface area contributed by atoms with E-state index in [-0.39, 0.29) is 11.2 Å². The number of carbonyl (C=O) groups excluding carboxylic acids is 1. The van der Waals surface area contributed by atoms with Crippen molar-refractivity contribution in [3.8, 4) is 0 Å². The van der Waals surface area contributed by atoms with Crippen LogP contribution in [0.15, 0.2) is 0 Å². The van der Waals surface area contributed by atoms with Gasteiger partial charge in [0.2, 0.25) is 5.91 Å². The molecule has 76 valence electrons. The van der Waals surface area contributed by atoms with Crippen LogP contribution in [0.2, 0.25) is 0 Å². The van der Waals surface area contributed by atoms with E-state index in [1.54, 1.807) is 11.8 Å². The van der Waals surface area contributed by atoms with E-state index in [0.717, 1.165) is 24.5 Å². The Morgan fingerprint density at radius 2 is 2.38 bits per heavy atom. The van der Waals surface area contributed by atoms with Crippen molar-refractivity contribution < 1.29 is 4.79 Å². The van der Waals surface area contributed by atoms with Gasteiger partial charge in [0.15, 0.2) is 0 Å². The van der Waals surface area contributed by atoms with E-state index in [4.69, 9.17) is 5.73 Å². The number of thioether (sulfide) groups is 2. The van der Waals surface area contributed by atoms with Crippen LogP contribution in [-0.2, 0) is 4.79 Å². The summed E-state index contributed by atoms with van der Waals surface area (Å²) in [5, 5.41) is 3.06. The minimum Gasteiger partial charge on any atom is -0.355 e. The monoisotopic (exact) mass is 220 g/mol. The maximum Gasteiger partial charge on any atom is 0.233 e. The summed E-state index contributed by atoms with van der Waals surface area (Å²) in [5.41, 5.74) is 5.33. The van der Waals surface area contributed by atoms with Gasteiger partial charge in [-0.3, -0.25) is 4.79 Å². The first-order valence-electron chi connectivity index (χ1n) is 4.51. The van der Waals surface area contributed by atoms with Crippen molar-refractivity contribution in [3.05, 3.63) is 0 Å². The molecular weight excluding hydrogens is 204 g/mol. The third-order valence-corrected chi connectivity index (χ3v) is 4.54. The topological polar surface area (TPSA) is 55.1 Å². The minimum absolute atomic E-state index is 0.163. The van der Waals surface area contributed by atoms with Crippen LogP contribution in [0.4, 0.5) is 0 Å². The molecule has 0 spiro atoms. The lowest BCUT2D eigenvalue weighted by Gasteiger charge is -2.19. The van der Waals surface area contributed by atoms with Crippen LogP contribution in [0.25, 0.3) is 0 Å². The number of rotatable bonds is 4. The molecule has 0 radical (unpaired) electrons. The third kappa shape index (κ3) is 4.24. The van der Waals surface area contributed by atoms with Crippen molar-refractivity contribution in [2.24, 2.45) is 5.73 Å². The van der Waals surface area contributed by atoms with E-state index in [2.05, 4.69) is 5.32 Å². The molecule has 1 saturated heterocycles. The molecular formula is C8H16N2OS2. The molecule has 1 amide bonds. The highest BCUT2D eigenvalue weighted by Gasteiger charge is 2.21. The van der Waals surface area contributed by atoms with Crippen LogP contribution in [0, 0.1) is 0 Å². The first-order valence-corrected chi connectivity index (χ1v) is 6.72. The van der Waals surface area contributed by atoms with Crippen LogP contribution >= 0.6 is 23.5 Å². The molecule has 5 heteroatoms. The van der Waals surface area contributed by atoms with Gasteiger partial charge >= 0.3 is 0 Å². The second kappa shape index (κ2) is 6.56. The summed E-state index contributed by atoms with van der Waals surface area (Å²) in [6.45, 7) is 1.36. The number of nitrogens with one attached hydrogen (secondary N) is 1. The fourth-order valence-corrected chi connectivity index (χ4v) is 3.65. The highest BCUT2D eigenvalue weighted by molar-refractivity contribution is 8.07. The Labute approximate surface area is 87.6 Å². The molecule has 1 rings (SSSR count). The van der Waals surface area contributed by atoms with E-state index in [9.17, 15) is 4.79 Å². The summed E-state index contributed by atoms with van der Waals surface area (Å²) in [6, 6.07) is 0. The average Bonchev–Trinajstić information content (AvgIpc) is 2.19. The largest absolute Gasteiger partial charge is 0.355 e. The molecule has 1 aliphatic rings. The van der Waals surface area contributed by atoms with Gasteiger partial charge in [-0.15, -0.1) is 11.8 Å². The Morgan fingerprint density at radius 1 is 1.54 bits per heavy atom. The molecule has 1 atom stereocenters. The molecule has 0 aromatic rings. The summed E-state index contributed by atoms with van der Waals surface area (Å²) < 4.78 is 0. The molecule has 0 aromatic heterocycles. The standard InChI is InChI=1S/C8H16N2OS2/c9-2-1-3-10-8(11)7-6-12-4-5-13-7/h7H,1-6,9H2,(H,10,11). The summed E-state index contributed by atoms with van der Waals surface area (Å²) in [7, 11) is 0. The zero-order valence-corrected chi connectivity index (χ0v) is 9.26. The second-order valence-electron chi connectivity index (χ2n) is 2.87. The van der Waals surface area contributed by atoms with Crippen LogP contribution < -0.4 is 11.1 Å². The van der Waals surface area contributed by atoms with Crippen molar-refractivity contribution in [1.29, 1.82) is 0 Å². The average molecular weight is 220 g/mol. The Hall–Kier alpha value is 0.130. The maximum atomic E-state index is 11.5. The van der Waals surface area contributed by atoms with Gasteiger partial charge in [-0.2, -0.15) is 11.8 Å². The Balaban J connectivity index is 2.13. The lowest BCUT2D eigenvalue weighted by atomic mass is 10.4. The number of nitrogens with two attached hydrogens (primary N) is 1. The number of hydrogen-bond acceptors (Lipinski definition) is 4. The predicted molar refractivity (Wildman–Crippen MR) is 60.3 cm³/mol. The smallest absolute Gasteiger partial charge is 0.233 e. The fourth-order valence-electron chi connectivity index (χ4n) is 1.07. The van der Waals surface area contributed by atoms with Crippen molar-refractivity contribution >= 4 is 29.4 Å². The molecule has 0 aromatic carbocycles. The van der Waals surface area contributed by atoms with Gasteiger partial charge in [-0.05, 0) is 13.0 Å². The molecule has 0 bridgehead atoms. The zero-order chi connectivity index (χ0) is 9.52. The summed E-state index contributed by atoms with van der Waals surface area (Å²) >= 11 is 3.63. The van der Waals surface area contributed by atoms with Gasteiger partial charge in [-0.25, -0.2) is 0 Å². The van der Waals surface area contributed by atoms with Crippen molar-refractivity contribution in [2.45, 2.75) is 11.7 Å². The summed E-state index contributed by atoms with van der Waals surface area (Å²) in [6.07, 6.45) is 0.871. The molecule has 1 heterocycles. The Kier molecular flexibility index (Phi) is 5.66. The molecule has 1 aliphatic heterocycles. The lowest BCUT2D eigenvalue weighted by molar-refractivity contribution is -0.120. The van der Waals surface area contributed by atoms with E-state index in [1.807, 2.05) is 11.8 Å². The Bertz CT molecular complexity index is 160. The third-order valence-electron chi connectivity index (χ3n) is 1.79. The summed E-state index contributed by atoms with van der Waals surface area (Å²) in [4.78, 5) is 11.5. The van der Waals surface area contributed by atoms with E-state index in [1.165, 1.54) is 5.75 Å². The maximum absolute atomic E-state index is 11.5. The van der Waals surface area contributed by atoms with Crippen LogP contribution in [-0.4, -0.2) is 41.5 Å². The van der Waals surface area contributed by atoms with Crippen LogP contribution in [0.1, 0.15) is 6.42 Å². The number of carbonyl (C=O) groups is 1. The lowest BCUT2D eigenvalue weighted by Crippen LogP contribution is -2.37. The van der Waals surface area contributed by atoms with Gasteiger partial charge in [0, 0.05) is 23.8 Å². The normalized spacial score (nSPS) is 22.7. The highest BCUT2D eigenvalue weighted by Crippen LogP contribution is 2.23. The fraction of sp³-hybridized carbons (Fsp3) is 0.875. The summed E-state index contributed by atoms with van der Waals surface area (Å²) in [5.74, 6) is 3.42. The quantitative estimate of drug-likeness (QED) is 0.669. The molecule has 0 aliphatic carbocycles. The molecule has 3 nitrogen and oxygen atoms in total. The number of amides is 1. The number of hydrogen-bond donors (Lipinski definition) is 2. The predicted octanol–water partition coefficient (Wildman–Crippen LogP) is 0.300. The molecule has 0 saturated carbocycles. The van der Waals surface area contributed by atoms with Gasteiger partial charge in [0.1, 0.15) is 0 Å². The van der Waals surface area contributed by atoms with Gasteiger partial charge < -0.3 is 11.1 Å². The van der Waals surface area contributed by atoms with Crippen LogP contribution in [0.3, 0.4) is 0 Å². The zero-order valence-electron chi connectivity index (χ0n) is 7.62. The molecule has 13 heavy (non-hydrogen) atoms. The SMILES string of the molecule is NCCCNC(=O)C1CSCCS1. The van der Waals surface area contributed by atoms with Crippen molar-refractivity contribution in [1.82, 2.24) is 5.32 Å². The first-order chi connectivity index (χ1) is 6.34. The van der Waals surface area contributed by atoms with Crippen molar-refractivity contribution in [2.75, 3.05) is 30.3 Å². The first kappa shape index (κ1) is 11.2. The second-order valence-corrected chi connectivity index (χ2v) is 5.33. The van der Waals surface area contributed by atoms with Crippen molar-refractivity contribution in [3.63, 3.8) is 0 Å². The van der Waals surface area contributed by atoms with Gasteiger partial charge in [0.25, 0.3) is 0 Å². The van der Waals surface area contributed by atoms with E-state index in [0.29, 0.717) is 6.54 Å². The molecule has 3 N–H and O–H groups in total. The highest BCUT2D eigenvalue weighted by atomic mass is 32.2. The van der Waals surface area contributed by atoms with Gasteiger partial charge in [0.05, 0.1) is 5.25 Å². The minimum atomic E-state index is 0.163. The molecule has 1 fully saturated rings. The van der Waals surface area contributed by atoms with E-state index < -0.39 is 0 Å². The van der Waals surface area contributed by atoms with Gasteiger partial charge in [-0.1, -0.05) is 0 Å².